The topological polar surface area (TPSA) is 68.5 Å². The lowest BCUT2D eigenvalue weighted by Crippen LogP contribution is -2.36. The van der Waals surface area contributed by atoms with Gasteiger partial charge in [0.15, 0.2) is 0 Å². The summed E-state index contributed by atoms with van der Waals surface area (Å²) in [7, 11) is 0. The standard InChI is InChI=1S/C19H25N3O3S/c1-13-8-5-6-9-14(13)12-26-17-21-20-16(24-17)15-10-7-11-22(15)18(23)25-19(2,3)4/h5-6,8-9,15H,7,10-12H2,1-4H3/t15-/m0/s1. The summed E-state index contributed by atoms with van der Waals surface area (Å²) < 4.78 is 11.3. The van der Waals surface area contributed by atoms with Crippen molar-refractivity contribution in [3.05, 3.63) is 41.3 Å². The number of hydrogen-bond donors (Lipinski definition) is 0. The molecule has 1 fully saturated rings. The molecule has 1 aliphatic heterocycles. The Labute approximate surface area is 158 Å². The molecule has 140 valence electrons. The summed E-state index contributed by atoms with van der Waals surface area (Å²) >= 11 is 1.51. The van der Waals surface area contributed by atoms with Gasteiger partial charge in [-0.3, -0.25) is 4.90 Å². The van der Waals surface area contributed by atoms with Gasteiger partial charge in [-0.25, -0.2) is 4.79 Å². The number of thioether (sulfide) groups is 1. The van der Waals surface area contributed by atoms with Gasteiger partial charge in [0.2, 0.25) is 5.89 Å². The molecule has 0 unspecified atom stereocenters. The quantitative estimate of drug-likeness (QED) is 0.719. The number of amides is 1. The molecule has 1 aromatic carbocycles. The molecule has 0 radical (unpaired) electrons. The number of carbonyl (C=O) groups is 1. The first-order valence-electron chi connectivity index (χ1n) is 8.84. The minimum absolute atomic E-state index is 0.204. The fourth-order valence-electron chi connectivity index (χ4n) is 2.89. The summed E-state index contributed by atoms with van der Waals surface area (Å²) in [5.74, 6) is 1.26. The van der Waals surface area contributed by atoms with Gasteiger partial charge in [-0.05, 0) is 51.7 Å². The van der Waals surface area contributed by atoms with E-state index in [4.69, 9.17) is 9.15 Å². The zero-order valence-electron chi connectivity index (χ0n) is 15.7. The number of hydrogen-bond acceptors (Lipinski definition) is 6. The Balaban J connectivity index is 1.65. The van der Waals surface area contributed by atoms with Gasteiger partial charge in [0.1, 0.15) is 11.6 Å². The molecule has 1 aromatic heterocycles. The molecule has 1 amide bonds. The van der Waals surface area contributed by atoms with Crippen molar-refractivity contribution in [2.75, 3.05) is 6.54 Å². The van der Waals surface area contributed by atoms with Gasteiger partial charge in [0, 0.05) is 12.3 Å². The van der Waals surface area contributed by atoms with E-state index in [9.17, 15) is 4.79 Å². The molecule has 0 bridgehead atoms. The maximum Gasteiger partial charge on any atom is 0.410 e. The Bertz CT molecular complexity index is 769. The molecular weight excluding hydrogens is 350 g/mol. The second-order valence-corrected chi connectivity index (χ2v) is 8.38. The monoisotopic (exact) mass is 375 g/mol. The lowest BCUT2D eigenvalue weighted by atomic mass is 10.1. The highest BCUT2D eigenvalue weighted by molar-refractivity contribution is 7.98. The number of aryl methyl sites for hydroxylation is 1. The van der Waals surface area contributed by atoms with Crippen LogP contribution in [0.25, 0.3) is 0 Å². The minimum atomic E-state index is -0.520. The Morgan fingerprint density at radius 1 is 1.35 bits per heavy atom. The molecule has 2 heterocycles. The SMILES string of the molecule is Cc1ccccc1CSc1nnc([C@@H]2CCCN2C(=O)OC(C)(C)C)o1. The number of carbonyl (C=O) groups excluding carboxylic acids is 1. The molecule has 2 aromatic rings. The molecular formula is C19H25N3O3S. The number of likely N-dealkylation sites (tertiary alicyclic amines) is 1. The van der Waals surface area contributed by atoms with E-state index in [0.717, 1.165) is 18.6 Å². The van der Waals surface area contributed by atoms with Gasteiger partial charge < -0.3 is 9.15 Å². The number of benzene rings is 1. The summed E-state index contributed by atoms with van der Waals surface area (Å²) in [6.45, 7) is 8.33. The summed E-state index contributed by atoms with van der Waals surface area (Å²) in [4.78, 5) is 14.1. The van der Waals surface area contributed by atoms with Crippen molar-refractivity contribution < 1.29 is 13.9 Å². The fourth-order valence-corrected chi connectivity index (χ4v) is 3.73. The van der Waals surface area contributed by atoms with E-state index in [1.54, 1.807) is 4.90 Å². The zero-order valence-corrected chi connectivity index (χ0v) is 16.5. The summed E-state index contributed by atoms with van der Waals surface area (Å²) in [5, 5.41) is 8.84. The number of nitrogens with zero attached hydrogens (tertiary/aromatic N) is 3. The van der Waals surface area contributed by atoms with Gasteiger partial charge >= 0.3 is 6.09 Å². The number of ether oxygens (including phenoxy) is 1. The van der Waals surface area contributed by atoms with Crippen molar-refractivity contribution >= 4 is 17.9 Å². The maximum atomic E-state index is 12.4. The minimum Gasteiger partial charge on any atom is -0.444 e. The van der Waals surface area contributed by atoms with Crippen LogP contribution in [0.15, 0.2) is 33.9 Å². The molecule has 0 aliphatic carbocycles. The highest BCUT2D eigenvalue weighted by atomic mass is 32.2. The van der Waals surface area contributed by atoms with Gasteiger partial charge in [0.25, 0.3) is 5.22 Å². The van der Waals surface area contributed by atoms with Crippen LogP contribution < -0.4 is 0 Å². The van der Waals surface area contributed by atoms with Gasteiger partial charge in [-0.15, -0.1) is 10.2 Å². The Kier molecular flexibility index (Phi) is 5.55. The second kappa shape index (κ2) is 7.70. The summed E-state index contributed by atoms with van der Waals surface area (Å²) in [6, 6.07) is 8.04. The van der Waals surface area contributed by atoms with Gasteiger partial charge in [-0.2, -0.15) is 0 Å². The highest BCUT2D eigenvalue weighted by Crippen LogP contribution is 2.34. The molecule has 0 N–H and O–H groups in total. The van der Waals surface area contributed by atoms with Crippen molar-refractivity contribution in [2.45, 2.75) is 63.2 Å². The van der Waals surface area contributed by atoms with Crippen LogP contribution in [0.1, 0.15) is 56.7 Å². The molecule has 1 saturated heterocycles. The molecule has 0 saturated carbocycles. The molecule has 26 heavy (non-hydrogen) atoms. The molecule has 1 atom stereocenters. The smallest absolute Gasteiger partial charge is 0.410 e. The van der Waals surface area contributed by atoms with Crippen LogP contribution in [-0.4, -0.2) is 33.3 Å². The van der Waals surface area contributed by atoms with E-state index >= 15 is 0 Å². The third-order valence-electron chi connectivity index (χ3n) is 4.20. The van der Waals surface area contributed by atoms with Crippen LogP contribution in [-0.2, 0) is 10.5 Å². The normalized spacial score (nSPS) is 17.5. The third kappa shape index (κ3) is 4.58. The first kappa shape index (κ1) is 18.8. The van der Waals surface area contributed by atoms with Crippen molar-refractivity contribution in [3.8, 4) is 0 Å². The van der Waals surface area contributed by atoms with Crippen molar-refractivity contribution in [1.29, 1.82) is 0 Å². The van der Waals surface area contributed by atoms with E-state index in [0.29, 0.717) is 17.7 Å². The molecule has 7 heteroatoms. The zero-order chi connectivity index (χ0) is 18.7. The van der Waals surface area contributed by atoms with E-state index < -0.39 is 5.60 Å². The maximum absolute atomic E-state index is 12.4. The van der Waals surface area contributed by atoms with Crippen molar-refractivity contribution in [1.82, 2.24) is 15.1 Å². The second-order valence-electron chi connectivity index (χ2n) is 7.45. The lowest BCUT2D eigenvalue weighted by Gasteiger charge is -2.27. The van der Waals surface area contributed by atoms with Crippen LogP contribution in [0.5, 0.6) is 0 Å². The summed E-state index contributed by atoms with van der Waals surface area (Å²) in [6.07, 6.45) is 1.38. The number of aromatic nitrogens is 2. The van der Waals surface area contributed by atoms with Crippen LogP contribution in [0, 0.1) is 6.92 Å². The van der Waals surface area contributed by atoms with E-state index in [2.05, 4.69) is 29.3 Å². The predicted octanol–water partition coefficient (Wildman–Crippen LogP) is 4.74. The van der Waals surface area contributed by atoms with Crippen molar-refractivity contribution in [2.24, 2.45) is 0 Å². The van der Waals surface area contributed by atoms with Gasteiger partial charge in [0.05, 0.1) is 0 Å². The average molecular weight is 375 g/mol. The third-order valence-corrected chi connectivity index (χ3v) is 5.07. The Morgan fingerprint density at radius 3 is 2.85 bits per heavy atom. The average Bonchev–Trinajstić information content (AvgIpc) is 3.21. The number of rotatable bonds is 4. The van der Waals surface area contributed by atoms with Crippen LogP contribution in [0.3, 0.4) is 0 Å². The van der Waals surface area contributed by atoms with E-state index in [1.165, 1.54) is 22.9 Å². The molecule has 0 spiro atoms. The molecule has 1 aliphatic rings. The first-order chi connectivity index (χ1) is 12.3. The summed E-state index contributed by atoms with van der Waals surface area (Å²) in [5.41, 5.74) is 1.97. The van der Waals surface area contributed by atoms with Gasteiger partial charge in [-0.1, -0.05) is 36.0 Å². The fraction of sp³-hybridized carbons (Fsp3) is 0.526. The van der Waals surface area contributed by atoms with Crippen LogP contribution >= 0.6 is 11.8 Å². The van der Waals surface area contributed by atoms with Crippen LogP contribution in [0.2, 0.25) is 0 Å². The van der Waals surface area contributed by atoms with E-state index in [-0.39, 0.29) is 12.1 Å². The predicted molar refractivity (Wildman–Crippen MR) is 100.0 cm³/mol. The molecule has 6 nitrogen and oxygen atoms in total. The molecule has 3 rings (SSSR count). The lowest BCUT2D eigenvalue weighted by molar-refractivity contribution is 0.0201. The van der Waals surface area contributed by atoms with E-state index in [1.807, 2.05) is 32.9 Å². The first-order valence-corrected chi connectivity index (χ1v) is 9.82. The van der Waals surface area contributed by atoms with Crippen LogP contribution in [0.4, 0.5) is 4.79 Å². The Hall–Kier alpha value is -2.02. The van der Waals surface area contributed by atoms with Crippen molar-refractivity contribution in [3.63, 3.8) is 0 Å². The largest absolute Gasteiger partial charge is 0.444 e. The highest BCUT2D eigenvalue weighted by Gasteiger charge is 2.36. The Morgan fingerprint density at radius 2 is 2.12 bits per heavy atom.